The first-order valence-corrected chi connectivity index (χ1v) is 6.86. The Hall–Kier alpha value is -2.31. The van der Waals surface area contributed by atoms with Gasteiger partial charge in [0.15, 0.2) is 0 Å². The molecular formula is C17H16N2O. The van der Waals surface area contributed by atoms with Crippen LogP contribution in [0.2, 0.25) is 0 Å². The van der Waals surface area contributed by atoms with Crippen LogP contribution in [0.3, 0.4) is 0 Å². The van der Waals surface area contributed by atoms with Gasteiger partial charge in [-0.15, -0.1) is 0 Å². The van der Waals surface area contributed by atoms with Gasteiger partial charge in [0, 0.05) is 6.04 Å². The second-order valence-corrected chi connectivity index (χ2v) is 4.96. The highest BCUT2D eigenvalue weighted by molar-refractivity contribution is 5.38. The van der Waals surface area contributed by atoms with Crippen molar-refractivity contribution in [1.29, 1.82) is 5.26 Å². The highest BCUT2D eigenvalue weighted by Gasteiger charge is 2.16. The zero-order chi connectivity index (χ0) is 13.8. The first kappa shape index (κ1) is 12.7. The Labute approximate surface area is 118 Å². The van der Waals surface area contributed by atoms with E-state index in [9.17, 15) is 0 Å². The average Bonchev–Trinajstić information content (AvgIpc) is 3.03. The van der Waals surface area contributed by atoms with Crippen molar-refractivity contribution in [2.24, 2.45) is 0 Å². The topological polar surface area (TPSA) is 45.0 Å². The summed E-state index contributed by atoms with van der Waals surface area (Å²) < 4.78 is 5.84. The van der Waals surface area contributed by atoms with Crippen LogP contribution in [0, 0.1) is 11.3 Å². The number of nitrogens with zero attached hydrogens (tertiary/aromatic N) is 1. The van der Waals surface area contributed by atoms with Crippen LogP contribution in [0.25, 0.3) is 0 Å². The van der Waals surface area contributed by atoms with Crippen LogP contribution in [0.5, 0.6) is 11.5 Å². The zero-order valence-corrected chi connectivity index (χ0v) is 11.2. The van der Waals surface area contributed by atoms with E-state index in [1.807, 2.05) is 24.3 Å². The fraction of sp³-hybridized carbons (Fsp3) is 0.235. The monoisotopic (exact) mass is 264 g/mol. The van der Waals surface area contributed by atoms with Crippen LogP contribution < -0.4 is 10.1 Å². The first-order chi connectivity index (χ1) is 9.85. The predicted molar refractivity (Wildman–Crippen MR) is 77.7 cm³/mol. The summed E-state index contributed by atoms with van der Waals surface area (Å²) in [5.41, 5.74) is 1.91. The van der Waals surface area contributed by atoms with E-state index in [0.29, 0.717) is 11.6 Å². The van der Waals surface area contributed by atoms with E-state index in [0.717, 1.165) is 18.0 Å². The Kier molecular flexibility index (Phi) is 3.67. The highest BCUT2D eigenvalue weighted by atomic mass is 16.5. The number of rotatable bonds is 3. The maximum absolute atomic E-state index is 8.78. The molecule has 0 spiro atoms. The summed E-state index contributed by atoms with van der Waals surface area (Å²) in [6.45, 7) is 1.09. The van der Waals surface area contributed by atoms with Gasteiger partial charge in [0.2, 0.25) is 0 Å². The molecule has 1 unspecified atom stereocenters. The van der Waals surface area contributed by atoms with E-state index in [2.05, 4.69) is 23.5 Å². The molecule has 1 aliphatic rings. The highest BCUT2D eigenvalue weighted by Crippen LogP contribution is 2.28. The molecule has 0 aromatic heterocycles. The van der Waals surface area contributed by atoms with Crippen molar-refractivity contribution >= 4 is 0 Å². The van der Waals surface area contributed by atoms with Crippen LogP contribution >= 0.6 is 0 Å². The van der Waals surface area contributed by atoms with Gasteiger partial charge in [-0.25, -0.2) is 0 Å². The molecule has 3 rings (SSSR count). The smallest absolute Gasteiger partial charge is 0.127 e. The van der Waals surface area contributed by atoms with Gasteiger partial charge in [0.25, 0.3) is 0 Å². The van der Waals surface area contributed by atoms with E-state index < -0.39 is 0 Å². The third-order valence-corrected chi connectivity index (χ3v) is 3.54. The number of hydrogen-bond acceptors (Lipinski definition) is 3. The van der Waals surface area contributed by atoms with E-state index in [-0.39, 0.29) is 0 Å². The van der Waals surface area contributed by atoms with Gasteiger partial charge >= 0.3 is 0 Å². The van der Waals surface area contributed by atoms with Crippen molar-refractivity contribution in [1.82, 2.24) is 5.32 Å². The summed E-state index contributed by atoms with van der Waals surface area (Å²) in [6.07, 6.45) is 2.41. The van der Waals surface area contributed by atoms with E-state index in [1.54, 1.807) is 12.1 Å². The van der Waals surface area contributed by atoms with Crippen molar-refractivity contribution in [3.63, 3.8) is 0 Å². The summed E-state index contributed by atoms with van der Waals surface area (Å²) in [7, 11) is 0. The van der Waals surface area contributed by atoms with Crippen LogP contribution in [-0.2, 0) is 0 Å². The van der Waals surface area contributed by atoms with Crippen LogP contribution in [0.1, 0.15) is 30.0 Å². The van der Waals surface area contributed by atoms with Crippen molar-refractivity contribution in [3.8, 4) is 17.6 Å². The quantitative estimate of drug-likeness (QED) is 0.917. The summed E-state index contributed by atoms with van der Waals surface area (Å²) in [4.78, 5) is 0. The average molecular weight is 264 g/mol. The Morgan fingerprint density at radius 3 is 2.65 bits per heavy atom. The Bertz CT molecular complexity index is 622. The van der Waals surface area contributed by atoms with Crippen molar-refractivity contribution in [2.45, 2.75) is 18.9 Å². The zero-order valence-electron chi connectivity index (χ0n) is 11.2. The first-order valence-electron chi connectivity index (χ1n) is 6.86. The molecule has 1 heterocycles. The molecular weight excluding hydrogens is 248 g/mol. The minimum absolute atomic E-state index is 0.444. The molecule has 1 fully saturated rings. The molecule has 1 N–H and O–H groups in total. The molecule has 0 bridgehead atoms. The van der Waals surface area contributed by atoms with Gasteiger partial charge in [-0.3, -0.25) is 0 Å². The normalized spacial score (nSPS) is 17.6. The summed E-state index contributed by atoms with van der Waals surface area (Å²) in [6, 6.07) is 17.9. The molecule has 3 nitrogen and oxygen atoms in total. The van der Waals surface area contributed by atoms with Gasteiger partial charge in [-0.1, -0.05) is 12.1 Å². The fourth-order valence-electron chi connectivity index (χ4n) is 2.50. The lowest BCUT2D eigenvalue weighted by Gasteiger charge is -2.12. The minimum atomic E-state index is 0.444. The van der Waals surface area contributed by atoms with Crippen LogP contribution in [0.15, 0.2) is 48.5 Å². The van der Waals surface area contributed by atoms with Crippen LogP contribution in [0.4, 0.5) is 0 Å². The molecule has 1 atom stereocenters. The molecule has 2 aromatic rings. The van der Waals surface area contributed by atoms with Gasteiger partial charge in [0.1, 0.15) is 11.5 Å². The summed E-state index contributed by atoms with van der Waals surface area (Å²) >= 11 is 0. The third-order valence-electron chi connectivity index (χ3n) is 3.54. The summed E-state index contributed by atoms with van der Waals surface area (Å²) in [5.74, 6) is 1.58. The fourth-order valence-corrected chi connectivity index (χ4v) is 2.50. The van der Waals surface area contributed by atoms with Crippen LogP contribution in [-0.4, -0.2) is 6.54 Å². The summed E-state index contributed by atoms with van der Waals surface area (Å²) in [5, 5.41) is 12.3. The molecule has 100 valence electrons. The Morgan fingerprint density at radius 1 is 1.10 bits per heavy atom. The number of nitrogens with one attached hydrogen (secondary N) is 1. The molecule has 2 aromatic carbocycles. The van der Waals surface area contributed by atoms with Gasteiger partial charge in [-0.2, -0.15) is 5.26 Å². The minimum Gasteiger partial charge on any atom is -0.457 e. The SMILES string of the molecule is N#Cc1ccc(Oc2cccc(C3CCCN3)c2)cc1. The van der Waals surface area contributed by atoms with Gasteiger partial charge in [0.05, 0.1) is 11.6 Å². The molecule has 3 heteroatoms. The van der Waals surface area contributed by atoms with E-state index in [1.165, 1.54) is 18.4 Å². The van der Waals surface area contributed by atoms with E-state index >= 15 is 0 Å². The maximum Gasteiger partial charge on any atom is 0.127 e. The second kappa shape index (κ2) is 5.77. The number of nitriles is 1. The molecule has 1 saturated heterocycles. The standard InChI is InChI=1S/C17H16N2O/c18-12-13-6-8-15(9-7-13)20-16-4-1-3-14(11-16)17-5-2-10-19-17/h1,3-4,6-9,11,17,19H,2,5,10H2. The lowest BCUT2D eigenvalue weighted by molar-refractivity contribution is 0.480. The lowest BCUT2D eigenvalue weighted by Crippen LogP contribution is -2.12. The molecule has 0 aliphatic carbocycles. The molecule has 0 amide bonds. The number of hydrogen-bond donors (Lipinski definition) is 1. The Morgan fingerprint density at radius 2 is 1.95 bits per heavy atom. The Balaban J connectivity index is 1.76. The molecule has 1 aliphatic heterocycles. The number of benzene rings is 2. The maximum atomic E-state index is 8.78. The largest absolute Gasteiger partial charge is 0.457 e. The van der Waals surface area contributed by atoms with Gasteiger partial charge in [-0.05, 0) is 61.3 Å². The molecule has 20 heavy (non-hydrogen) atoms. The van der Waals surface area contributed by atoms with Crippen molar-refractivity contribution in [2.75, 3.05) is 6.54 Å². The van der Waals surface area contributed by atoms with Crippen molar-refractivity contribution < 1.29 is 4.74 Å². The molecule has 0 radical (unpaired) electrons. The predicted octanol–water partition coefficient (Wildman–Crippen LogP) is 3.78. The van der Waals surface area contributed by atoms with E-state index in [4.69, 9.17) is 10.00 Å². The van der Waals surface area contributed by atoms with Crippen molar-refractivity contribution in [3.05, 3.63) is 59.7 Å². The number of ether oxygens (including phenoxy) is 1. The lowest BCUT2D eigenvalue weighted by atomic mass is 10.1. The third kappa shape index (κ3) is 2.81. The second-order valence-electron chi connectivity index (χ2n) is 4.96. The van der Waals surface area contributed by atoms with Gasteiger partial charge < -0.3 is 10.1 Å². The molecule has 0 saturated carbocycles.